The number of hydrogen-bond donors (Lipinski definition) is 0. The van der Waals surface area contributed by atoms with Crippen molar-refractivity contribution in [1.82, 2.24) is 0 Å². The number of nitrogens with zero attached hydrogens (tertiary/aromatic N) is 1. The maximum Gasteiger partial charge on any atom is 0.0635 e. The van der Waals surface area contributed by atoms with E-state index in [0.29, 0.717) is 5.92 Å². The average molecular weight is 406 g/mol. The topological polar surface area (TPSA) is 3.24 Å². The van der Waals surface area contributed by atoms with E-state index >= 15 is 0 Å². The summed E-state index contributed by atoms with van der Waals surface area (Å²) in [4.78, 5) is 2.51. The van der Waals surface area contributed by atoms with Gasteiger partial charge in [0, 0.05) is 27.9 Å². The normalized spacial score (nSPS) is 18.6. The summed E-state index contributed by atoms with van der Waals surface area (Å²) >= 11 is 6.15. The van der Waals surface area contributed by atoms with Crippen LogP contribution in [0.2, 0.25) is 5.02 Å². The van der Waals surface area contributed by atoms with Gasteiger partial charge in [-0.05, 0) is 45.8 Å². The molecule has 1 aliphatic carbocycles. The van der Waals surface area contributed by atoms with Crippen LogP contribution < -0.4 is 15.3 Å². The highest BCUT2D eigenvalue weighted by Crippen LogP contribution is 2.49. The molecule has 2 heteroatoms. The molecule has 4 aromatic rings. The number of fused-ring (bicyclic) bond motifs is 4. The minimum absolute atomic E-state index is 0.255. The number of benzene rings is 4. The van der Waals surface area contributed by atoms with Crippen molar-refractivity contribution in [2.45, 2.75) is 12.0 Å². The molecule has 1 nitrogen and oxygen atoms in total. The summed E-state index contributed by atoms with van der Waals surface area (Å²) in [6.45, 7) is 0. The molecule has 2 atom stereocenters. The minimum Gasteiger partial charge on any atom is -0.333 e. The second-order valence-electron chi connectivity index (χ2n) is 7.93. The maximum absolute atomic E-state index is 6.15. The average Bonchev–Trinajstić information content (AvgIpc) is 3.11. The Hall–Kier alpha value is -3.29. The summed E-state index contributed by atoms with van der Waals surface area (Å²) in [6, 6.07) is 34.6. The van der Waals surface area contributed by atoms with Gasteiger partial charge < -0.3 is 4.90 Å². The Labute approximate surface area is 181 Å². The molecule has 30 heavy (non-hydrogen) atoms. The number of anilines is 2. The lowest BCUT2D eigenvalue weighted by molar-refractivity contribution is 0.802. The minimum atomic E-state index is 0.255. The second-order valence-corrected chi connectivity index (χ2v) is 8.37. The highest BCUT2D eigenvalue weighted by atomic mass is 35.5. The summed E-state index contributed by atoms with van der Waals surface area (Å²) in [7, 11) is 0. The fraction of sp³-hybridized carbons (Fsp3) is 0.0714. The third kappa shape index (κ3) is 2.70. The number of rotatable bonds is 2. The molecular formula is C28H20ClN. The van der Waals surface area contributed by atoms with Crippen LogP contribution in [-0.4, -0.2) is 6.04 Å². The second kappa shape index (κ2) is 6.90. The third-order valence-corrected chi connectivity index (χ3v) is 6.50. The maximum atomic E-state index is 6.15. The molecule has 0 fully saturated rings. The van der Waals surface area contributed by atoms with Crippen molar-refractivity contribution in [2.75, 3.05) is 4.90 Å². The summed E-state index contributed by atoms with van der Waals surface area (Å²) in [6.07, 6.45) is 4.86. The molecule has 0 aromatic heterocycles. The van der Waals surface area contributed by atoms with E-state index in [0.717, 1.165) is 5.02 Å². The zero-order valence-electron chi connectivity index (χ0n) is 16.4. The lowest BCUT2D eigenvalue weighted by Crippen LogP contribution is -2.38. The van der Waals surface area contributed by atoms with E-state index in [-0.39, 0.29) is 6.04 Å². The first-order valence-corrected chi connectivity index (χ1v) is 10.7. The molecule has 0 bridgehead atoms. The molecule has 144 valence electrons. The molecule has 4 aromatic carbocycles. The van der Waals surface area contributed by atoms with Gasteiger partial charge in [0.1, 0.15) is 0 Å². The predicted molar refractivity (Wildman–Crippen MR) is 127 cm³/mol. The largest absolute Gasteiger partial charge is 0.333 e. The van der Waals surface area contributed by atoms with E-state index in [4.69, 9.17) is 11.6 Å². The molecule has 1 heterocycles. The molecule has 0 radical (unpaired) electrons. The molecule has 0 amide bonds. The van der Waals surface area contributed by atoms with Crippen molar-refractivity contribution in [3.63, 3.8) is 0 Å². The van der Waals surface area contributed by atoms with E-state index < -0.39 is 0 Å². The van der Waals surface area contributed by atoms with Gasteiger partial charge >= 0.3 is 0 Å². The van der Waals surface area contributed by atoms with Crippen LogP contribution in [0.15, 0.2) is 97.1 Å². The van der Waals surface area contributed by atoms with Crippen LogP contribution in [0.3, 0.4) is 0 Å². The standard InChI is InChI=1S/C28H20ClN/c29-22-15-13-19(14-16-22)23-9-3-5-11-26(23)30-27-12-6-4-10-24(27)25-17-20-7-1-2-8-21(20)18-28(25)30/h1-18,25,28H. The van der Waals surface area contributed by atoms with Crippen molar-refractivity contribution in [3.8, 4) is 11.1 Å². The van der Waals surface area contributed by atoms with Gasteiger partial charge in [-0.3, -0.25) is 0 Å². The van der Waals surface area contributed by atoms with Crippen molar-refractivity contribution in [1.29, 1.82) is 0 Å². The summed E-state index contributed by atoms with van der Waals surface area (Å²) in [5.41, 5.74) is 6.30. The van der Waals surface area contributed by atoms with E-state index in [2.05, 4.69) is 102 Å². The highest BCUT2D eigenvalue weighted by molar-refractivity contribution is 6.30. The van der Waals surface area contributed by atoms with Gasteiger partial charge in [-0.2, -0.15) is 0 Å². The van der Waals surface area contributed by atoms with Crippen LogP contribution in [0.1, 0.15) is 11.5 Å². The molecule has 0 saturated heterocycles. The van der Waals surface area contributed by atoms with Gasteiger partial charge in [0.25, 0.3) is 0 Å². The van der Waals surface area contributed by atoms with Gasteiger partial charge in [-0.1, -0.05) is 96.5 Å². The molecule has 1 aliphatic heterocycles. The third-order valence-electron chi connectivity index (χ3n) is 6.25. The Kier molecular flexibility index (Phi) is 4.04. The van der Waals surface area contributed by atoms with E-state index in [1.54, 1.807) is 0 Å². The van der Waals surface area contributed by atoms with Crippen molar-refractivity contribution >= 4 is 35.1 Å². The van der Waals surface area contributed by atoms with Crippen molar-refractivity contribution in [3.05, 3.63) is 118 Å². The van der Waals surface area contributed by atoms with Gasteiger partial charge in [0.15, 0.2) is 0 Å². The van der Waals surface area contributed by atoms with Crippen LogP contribution in [-0.2, 0) is 0 Å². The van der Waals surface area contributed by atoms with E-state index in [1.807, 2.05) is 12.1 Å². The lowest BCUT2D eigenvalue weighted by atomic mass is 9.89. The molecule has 2 unspecified atom stereocenters. The van der Waals surface area contributed by atoms with Crippen LogP contribution >= 0.6 is 11.6 Å². The Balaban J connectivity index is 1.59. The van der Waals surface area contributed by atoms with E-state index in [9.17, 15) is 0 Å². The quantitative estimate of drug-likeness (QED) is 0.402. The summed E-state index contributed by atoms with van der Waals surface area (Å²) < 4.78 is 0. The van der Waals surface area contributed by atoms with Gasteiger partial charge in [0.05, 0.1) is 6.04 Å². The summed E-state index contributed by atoms with van der Waals surface area (Å²) in [5.74, 6) is 0.342. The summed E-state index contributed by atoms with van der Waals surface area (Å²) in [5, 5.41) is 3.39. The SMILES string of the molecule is Clc1ccc(-c2ccccc2N2c3ccccc3C3C=c4ccccc4=CC32)cc1. The van der Waals surface area contributed by atoms with Crippen LogP contribution in [0.4, 0.5) is 11.4 Å². The number of hydrogen-bond acceptors (Lipinski definition) is 1. The Morgan fingerprint density at radius 3 is 2.03 bits per heavy atom. The van der Waals surface area contributed by atoms with Gasteiger partial charge in [-0.15, -0.1) is 0 Å². The zero-order valence-corrected chi connectivity index (χ0v) is 17.1. The number of halogens is 1. The van der Waals surface area contributed by atoms with Crippen molar-refractivity contribution < 1.29 is 0 Å². The zero-order chi connectivity index (χ0) is 20.1. The monoisotopic (exact) mass is 405 g/mol. The Morgan fingerprint density at radius 1 is 0.600 bits per heavy atom. The first-order chi connectivity index (χ1) is 14.8. The van der Waals surface area contributed by atoms with Crippen LogP contribution in [0, 0.1) is 0 Å². The molecule has 2 aliphatic rings. The molecule has 6 rings (SSSR count). The fourth-order valence-electron chi connectivity index (χ4n) is 4.90. The van der Waals surface area contributed by atoms with Gasteiger partial charge in [0.2, 0.25) is 0 Å². The Bertz CT molecular complexity index is 1370. The molecule has 0 N–H and O–H groups in total. The molecule has 0 spiro atoms. The Morgan fingerprint density at radius 2 is 1.23 bits per heavy atom. The molecular weight excluding hydrogens is 386 g/mol. The highest BCUT2D eigenvalue weighted by Gasteiger charge is 2.38. The predicted octanol–water partition coefficient (Wildman–Crippen LogP) is 5.89. The molecule has 0 saturated carbocycles. The van der Waals surface area contributed by atoms with Gasteiger partial charge in [-0.25, -0.2) is 0 Å². The van der Waals surface area contributed by atoms with Crippen LogP contribution in [0.25, 0.3) is 23.3 Å². The first kappa shape index (κ1) is 17.6. The lowest BCUT2D eigenvalue weighted by Gasteiger charge is -2.31. The van der Waals surface area contributed by atoms with E-state index in [1.165, 1.54) is 38.5 Å². The van der Waals surface area contributed by atoms with Crippen LogP contribution in [0.5, 0.6) is 0 Å². The van der Waals surface area contributed by atoms with Crippen molar-refractivity contribution in [2.24, 2.45) is 0 Å². The smallest absolute Gasteiger partial charge is 0.0635 e. The number of para-hydroxylation sites is 2. The first-order valence-electron chi connectivity index (χ1n) is 10.3. The fourth-order valence-corrected chi connectivity index (χ4v) is 5.03.